The first-order chi connectivity index (χ1) is 10.4. The number of rotatable bonds is 3. The summed E-state index contributed by atoms with van der Waals surface area (Å²) in [6.07, 6.45) is 2.54. The van der Waals surface area contributed by atoms with Gasteiger partial charge in [0.05, 0.1) is 5.52 Å². The summed E-state index contributed by atoms with van der Waals surface area (Å²) < 4.78 is 2.47. The number of thiophene rings is 1. The van der Waals surface area contributed by atoms with E-state index in [1.807, 2.05) is 11.3 Å². The zero-order chi connectivity index (χ0) is 14.2. The van der Waals surface area contributed by atoms with Gasteiger partial charge < -0.3 is 4.57 Å². The number of para-hydroxylation sites is 1. The maximum atomic E-state index is 2.59. The van der Waals surface area contributed by atoms with Gasteiger partial charge in [0.25, 0.3) is 0 Å². The van der Waals surface area contributed by atoms with Gasteiger partial charge in [-0.3, -0.25) is 4.90 Å². The van der Waals surface area contributed by atoms with Crippen LogP contribution in [0.15, 0.2) is 41.8 Å². The molecule has 2 nitrogen and oxygen atoms in total. The van der Waals surface area contributed by atoms with Crippen LogP contribution in [0.2, 0.25) is 0 Å². The third kappa shape index (κ3) is 2.21. The van der Waals surface area contributed by atoms with E-state index in [1.54, 1.807) is 0 Å². The van der Waals surface area contributed by atoms with E-state index in [0.717, 1.165) is 13.1 Å². The lowest BCUT2D eigenvalue weighted by Gasteiger charge is -2.19. The second-order valence-electron chi connectivity index (χ2n) is 5.85. The molecule has 1 aromatic carbocycles. The van der Waals surface area contributed by atoms with Crippen molar-refractivity contribution < 1.29 is 0 Å². The number of hydrogen-bond donors (Lipinski definition) is 0. The molecule has 0 amide bonds. The fraction of sp³-hybridized carbons (Fsp3) is 0.333. The Morgan fingerprint density at radius 3 is 2.95 bits per heavy atom. The van der Waals surface area contributed by atoms with Gasteiger partial charge in [-0.1, -0.05) is 31.5 Å². The molecule has 1 aliphatic heterocycles. The van der Waals surface area contributed by atoms with Crippen LogP contribution in [-0.4, -0.2) is 16.0 Å². The Kier molecular flexibility index (Phi) is 3.32. The Morgan fingerprint density at radius 2 is 2.05 bits per heavy atom. The van der Waals surface area contributed by atoms with Crippen molar-refractivity contribution in [3.05, 3.63) is 53.0 Å². The largest absolute Gasteiger partial charge is 0.303 e. The number of hydrogen-bond acceptors (Lipinski definition) is 2. The van der Waals surface area contributed by atoms with Crippen molar-refractivity contribution in [3.8, 4) is 5.00 Å². The molecule has 108 valence electrons. The van der Waals surface area contributed by atoms with E-state index >= 15 is 0 Å². The molecule has 0 fully saturated rings. The lowest BCUT2D eigenvalue weighted by Crippen LogP contribution is -2.22. The zero-order valence-electron chi connectivity index (χ0n) is 12.4. The normalized spacial score (nSPS) is 14.9. The van der Waals surface area contributed by atoms with Crippen LogP contribution in [0.4, 0.5) is 0 Å². The molecule has 2 aromatic heterocycles. The highest BCUT2D eigenvalue weighted by Crippen LogP contribution is 2.34. The third-order valence-electron chi connectivity index (χ3n) is 4.32. The summed E-state index contributed by atoms with van der Waals surface area (Å²) >= 11 is 1.86. The number of unbranched alkanes of at least 4 members (excludes halogenated alkanes) is 1. The van der Waals surface area contributed by atoms with Crippen LogP contribution in [0.3, 0.4) is 0 Å². The monoisotopic (exact) mass is 296 g/mol. The summed E-state index contributed by atoms with van der Waals surface area (Å²) in [6, 6.07) is 13.4. The van der Waals surface area contributed by atoms with E-state index < -0.39 is 0 Å². The SMILES string of the molecule is CCCCN1Cc2ccsc2-n2c(cc3ccccc32)C1. The maximum Gasteiger partial charge on any atom is 0.104 e. The minimum atomic E-state index is 1.05. The van der Waals surface area contributed by atoms with E-state index in [1.165, 1.54) is 46.5 Å². The maximum absolute atomic E-state index is 2.59. The number of fused-ring (bicyclic) bond motifs is 5. The minimum Gasteiger partial charge on any atom is -0.303 e. The van der Waals surface area contributed by atoms with Crippen molar-refractivity contribution in [1.29, 1.82) is 0 Å². The van der Waals surface area contributed by atoms with Crippen molar-refractivity contribution in [3.63, 3.8) is 0 Å². The standard InChI is InChI=1S/C18H20N2S/c1-2-3-9-19-12-15-8-10-21-18(15)20-16(13-19)11-14-6-4-5-7-17(14)20/h4-8,10-11H,2-3,9,12-13H2,1H3. The zero-order valence-corrected chi connectivity index (χ0v) is 13.2. The molecule has 1 aliphatic rings. The van der Waals surface area contributed by atoms with E-state index in [4.69, 9.17) is 0 Å². The second-order valence-corrected chi connectivity index (χ2v) is 6.74. The van der Waals surface area contributed by atoms with E-state index in [0.29, 0.717) is 0 Å². The lowest BCUT2D eigenvalue weighted by atomic mass is 10.2. The summed E-state index contributed by atoms with van der Waals surface area (Å²) in [7, 11) is 0. The summed E-state index contributed by atoms with van der Waals surface area (Å²) in [4.78, 5) is 2.59. The summed E-state index contributed by atoms with van der Waals surface area (Å²) in [5.74, 6) is 0. The van der Waals surface area contributed by atoms with Gasteiger partial charge in [-0.05, 0) is 36.5 Å². The molecule has 4 rings (SSSR count). The van der Waals surface area contributed by atoms with E-state index in [-0.39, 0.29) is 0 Å². The van der Waals surface area contributed by atoms with Crippen molar-refractivity contribution in [2.24, 2.45) is 0 Å². The number of nitrogens with zero attached hydrogens (tertiary/aromatic N) is 2. The molecular formula is C18H20N2S. The summed E-state index contributed by atoms with van der Waals surface area (Å²) in [6.45, 7) is 5.59. The van der Waals surface area contributed by atoms with Gasteiger partial charge in [0.15, 0.2) is 0 Å². The predicted octanol–water partition coefficient (Wildman–Crippen LogP) is 4.81. The Labute approximate surface area is 129 Å². The van der Waals surface area contributed by atoms with Gasteiger partial charge in [0, 0.05) is 29.7 Å². The van der Waals surface area contributed by atoms with Crippen molar-refractivity contribution in [2.45, 2.75) is 32.9 Å². The highest BCUT2D eigenvalue weighted by atomic mass is 32.1. The molecule has 0 unspecified atom stereocenters. The van der Waals surface area contributed by atoms with Gasteiger partial charge in [-0.2, -0.15) is 0 Å². The molecule has 0 saturated heterocycles. The van der Waals surface area contributed by atoms with E-state index in [9.17, 15) is 0 Å². The average molecular weight is 296 g/mol. The Morgan fingerprint density at radius 1 is 1.14 bits per heavy atom. The van der Waals surface area contributed by atoms with Gasteiger partial charge in [0.2, 0.25) is 0 Å². The van der Waals surface area contributed by atoms with Crippen LogP contribution >= 0.6 is 11.3 Å². The molecule has 0 saturated carbocycles. The molecule has 0 bridgehead atoms. The van der Waals surface area contributed by atoms with Crippen LogP contribution in [0.5, 0.6) is 0 Å². The third-order valence-corrected chi connectivity index (χ3v) is 5.26. The van der Waals surface area contributed by atoms with Gasteiger partial charge in [-0.25, -0.2) is 0 Å². The Balaban J connectivity index is 1.87. The van der Waals surface area contributed by atoms with Crippen LogP contribution in [0.1, 0.15) is 31.0 Å². The van der Waals surface area contributed by atoms with Gasteiger partial charge >= 0.3 is 0 Å². The van der Waals surface area contributed by atoms with Crippen molar-refractivity contribution in [1.82, 2.24) is 9.47 Å². The second kappa shape index (κ2) is 5.32. The number of benzene rings is 1. The first-order valence-corrected chi connectivity index (χ1v) is 8.63. The predicted molar refractivity (Wildman–Crippen MR) is 90.2 cm³/mol. The van der Waals surface area contributed by atoms with Crippen LogP contribution in [0.25, 0.3) is 15.9 Å². The molecule has 0 atom stereocenters. The van der Waals surface area contributed by atoms with Crippen molar-refractivity contribution >= 4 is 22.2 Å². The molecule has 3 heterocycles. The molecule has 3 aromatic rings. The molecule has 21 heavy (non-hydrogen) atoms. The summed E-state index contributed by atoms with van der Waals surface area (Å²) in [5.41, 5.74) is 4.23. The molecular weight excluding hydrogens is 276 g/mol. The first kappa shape index (κ1) is 13.1. The fourth-order valence-corrected chi connectivity index (χ4v) is 4.24. The highest BCUT2D eigenvalue weighted by molar-refractivity contribution is 7.12. The van der Waals surface area contributed by atoms with Gasteiger partial charge in [-0.15, -0.1) is 11.3 Å². The topological polar surface area (TPSA) is 8.17 Å². The van der Waals surface area contributed by atoms with Gasteiger partial charge in [0.1, 0.15) is 5.00 Å². The molecule has 0 N–H and O–H groups in total. The van der Waals surface area contributed by atoms with Crippen molar-refractivity contribution in [2.75, 3.05) is 6.54 Å². The Hall–Kier alpha value is -1.58. The minimum absolute atomic E-state index is 1.05. The molecule has 3 heteroatoms. The molecule has 0 radical (unpaired) electrons. The summed E-state index contributed by atoms with van der Waals surface area (Å²) in [5, 5.41) is 4.99. The Bertz CT molecular complexity index is 768. The van der Waals surface area contributed by atoms with Crippen LogP contribution in [-0.2, 0) is 13.1 Å². The number of aromatic nitrogens is 1. The molecule has 0 aliphatic carbocycles. The quantitative estimate of drug-likeness (QED) is 0.673. The smallest absolute Gasteiger partial charge is 0.104 e. The van der Waals surface area contributed by atoms with E-state index in [2.05, 4.69) is 58.2 Å². The first-order valence-electron chi connectivity index (χ1n) is 7.75. The lowest BCUT2D eigenvalue weighted by molar-refractivity contribution is 0.253. The van der Waals surface area contributed by atoms with Crippen LogP contribution in [0, 0.1) is 0 Å². The average Bonchev–Trinajstić information content (AvgIpc) is 3.05. The fourth-order valence-electron chi connectivity index (χ4n) is 3.28. The molecule has 0 spiro atoms. The van der Waals surface area contributed by atoms with Crippen LogP contribution < -0.4 is 0 Å². The highest BCUT2D eigenvalue weighted by Gasteiger charge is 2.21.